The van der Waals surface area contributed by atoms with E-state index in [9.17, 15) is 0 Å². The predicted octanol–water partition coefficient (Wildman–Crippen LogP) is 11.6. The van der Waals surface area contributed by atoms with Gasteiger partial charge in [0.25, 0.3) is 0 Å². The van der Waals surface area contributed by atoms with E-state index < -0.39 is 0 Å². The van der Waals surface area contributed by atoms with Crippen molar-refractivity contribution in [1.29, 1.82) is 0 Å². The number of aromatic nitrogens is 3. The van der Waals surface area contributed by atoms with Gasteiger partial charge in [-0.3, -0.25) is 4.98 Å². The summed E-state index contributed by atoms with van der Waals surface area (Å²) in [4.78, 5) is 4.71. The molecule has 0 aliphatic rings. The minimum absolute atomic E-state index is 1.09. The molecule has 3 heterocycles. The van der Waals surface area contributed by atoms with Crippen molar-refractivity contribution in [3.05, 3.63) is 164 Å². The van der Waals surface area contributed by atoms with E-state index in [2.05, 4.69) is 161 Å². The molecule has 3 nitrogen and oxygen atoms in total. The second-order valence-corrected chi connectivity index (χ2v) is 11.3. The Morgan fingerprint density at radius 3 is 1.07 bits per heavy atom. The number of nitrogens with zero attached hydrogens (tertiary/aromatic N) is 3. The number of para-hydroxylation sites is 4. The van der Waals surface area contributed by atoms with Gasteiger partial charge in [0.15, 0.2) is 0 Å². The minimum Gasteiger partial charge on any atom is -0.309 e. The van der Waals surface area contributed by atoms with Crippen LogP contribution >= 0.6 is 0 Å². The van der Waals surface area contributed by atoms with Crippen LogP contribution in [0.4, 0.5) is 0 Å². The normalized spacial score (nSPS) is 11.3. The van der Waals surface area contributed by atoms with E-state index in [0.717, 1.165) is 33.6 Å². The maximum absolute atomic E-state index is 4.71. The molecule has 0 bridgehead atoms. The van der Waals surface area contributed by atoms with Crippen LogP contribution in [0.3, 0.4) is 0 Å². The van der Waals surface area contributed by atoms with Crippen LogP contribution in [-0.2, 0) is 0 Å². The standard InChI is InChI=1S/C41H27N3.C2H6/c1-5-19-38-34(15-1)35-16-2-6-20-39(35)43(38)32-13-9-11-28(24-32)30-23-31(27-42-26-30)29-12-10-14-33(25-29)44-40-21-7-3-17-36(40)37-18-4-8-22-41(37)44;1-2/h1-27H;1-2H3. The summed E-state index contributed by atoms with van der Waals surface area (Å²) in [5.41, 5.74) is 11.6. The molecule has 0 aliphatic carbocycles. The summed E-state index contributed by atoms with van der Waals surface area (Å²) in [5, 5.41) is 5.06. The zero-order valence-electron chi connectivity index (χ0n) is 25.9. The fraction of sp³-hybridized carbons (Fsp3) is 0.0465. The van der Waals surface area contributed by atoms with Crippen molar-refractivity contribution in [3.8, 4) is 33.6 Å². The second kappa shape index (κ2) is 11.5. The van der Waals surface area contributed by atoms with Crippen LogP contribution in [0.25, 0.3) is 77.2 Å². The molecule has 0 saturated carbocycles. The molecule has 0 unspecified atom stereocenters. The highest BCUT2D eigenvalue weighted by molar-refractivity contribution is 6.10. The lowest BCUT2D eigenvalue weighted by Gasteiger charge is -2.12. The highest BCUT2D eigenvalue weighted by Crippen LogP contribution is 2.35. The Morgan fingerprint density at radius 1 is 0.348 bits per heavy atom. The minimum atomic E-state index is 1.09. The quantitative estimate of drug-likeness (QED) is 0.200. The van der Waals surface area contributed by atoms with Crippen LogP contribution in [0, 0.1) is 0 Å². The average Bonchev–Trinajstić information content (AvgIpc) is 3.66. The number of rotatable bonds is 4. The van der Waals surface area contributed by atoms with Crippen molar-refractivity contribution in [3.63, 3.8) is 0 Å². The van der Waals surface area contributed by atoms with Crippen LogP contribution in [-0.4, -0.2) is 14.1 Å². The first-order valence-electron chi connectivity index (χ1n) is 16.0. The fourth-order valence-corrected chi connectivity index (χ4v) is 6.81. The Hall–Kier alpha value is -5.93. The van der Waals surface area contributed by atoms with Crippen molar-refractivity contribution in [2.45, 2.75) is 13.8 Å². The lowest BCUT2D eigenvalue weighted by atomic mass is 10.0. The summed E-state index contributed by atoms with van der Waals surface area (Å²) in [6.45, 7) is 4.00. The lowest BCUT2D eigenvalue weighted by molar-refractivity contribution is 1.18. The zero-order chi connectivity index (χ0) is 31.0. The van der Waals surface area contributed by atoms with E-state index in [1.807, 2.05) is 26.2 Å². The number of benzene rings is 6. The molecule has 0 fully saturated rings. The number of hydrogen-bond acceptors (Lipinski definition) is 1. The summed E-state index contributed by atoms with van der Waals surface area (Å²) in [6, 6.07) is 54.4. The first-order chi connectivity index (χ1) is 22.8. The molecule has 6 aromatic carbocycles. The van der Waals surface area contributed by atoms with Crippen molar-refractivity contribution < 1.29 is 0 Å². The molecule has 0 aliphatic heterocycles. The van der Waals surface area contributed by atoms with Gasteiger partial charge in [-0.25, -0.2) is 0 Å². The molecule has 9 aromatic rings. The summed E-state index contributed by atoms with van der Waals surface area (Å²) in [7, 11) is 0. The summed E-state index contributed by atoms with van der Waals surface area (Å²) in [6.07, 6.45) is 3.93. The summed E-state index contributed by atoms with van der Waals surface area (Å²) in [5.74, 6) is 0. The van der Waals surface area contributed by atoms with Gasteiger partial charge < -0.3 is 9.13 Å². The molecule has 0 radical (unpaired) electrons. The molecule has 0 N–H and O–H groups in total. The predicted molar refractivity (Wildman–Crippen MR) is 195 cm³/mol. The molecule has 46 heavy (non-hydrogen) atoms. The van der Waals surface area contributed by atoms with Gasteiger partial charge in [0, 0.05) is 56.4 Å². The fourth-order valence-electron chi connectivity index (χ4n) is 6.81. The maximum atomic E-state index is 4.71. The Morgan fingerprint density at radius 2 is 0.696 bits per heavy atom. The number of hydrogen-bond donors (Lipinski definition) is 0. The topological polar surface area (TPSA) is 22.8 Å². The SMILES string of the molecule is CC.c1cc(-c2cncc(-c3cccc(-n4c5ccccc5c5ccccc54)c3)c2)cc(-n2c3ccccc3c3ccccc32)c1. The smallest absolute Gasteiger partial charge is 0.0541 e. The second-order valence-electron chi connectivity index (χ2n) is 11.3. The largest absolute Gasteiger partial charge is 0.309 e. The molecule has 0 amide bonds. The Labute approximate surface area is 268 Å². The molecule has 9 rings (SSSR count). The van der Waals surface area contributed by atoms with E-state index in [0.29, 0.717) is 0 Å². The van der Waals surface area contributed by atoms with Crippen LogP contribution in [0.15, 0.2) is 164 Å². The summed E-state index contributed by atoms with van der Waals surface area (Å²) >= 11 is 0. The first-order valence-corrected chi connectivity index (χ1v) is 16.0. The van der Waals surface area contributed by atoms with Gasteiger partial charge in [0.05, 0.1) is 22.1 Å². The molecular weight excluding hydrogens is 558 g/mol. The van der Waals surface area contributed by atoms with E-state index in [1.165, 1.54) is 43.6 Å². The van der Waals surface area contributed by atoms with Crippen molar-refractivity contribution in [2.24, 2.45) is 0 Å². The third-order valence-electron chi connectivity index (χ3n) is 8.77. The number of pyridine rings is 1. The molecular formula is C43H33N3. The van der Waals surface area contributed by atoms with Gasteiger partial charge in [0.1, 0.15) is 0 Å². The Kier molecular flexibility index (Phi) is 6.92. The van der Waals surface area contributed by atoms with Crippen LogP contribution in [0.1, 0.15) is 13.8 Å². The van der Waals surface area contributed by atoms with E-state index >= 15 is 0 Å². The number of fused-ring (bicyclic) bond motifs is 6. The molecule has 0 saturated heterocycles. The van der Waals surface area contributed by atoms with Crippen LogP contribution in [0.5, 0.6) is 0 Å². The van der Waals surface area contributed by atoms with Crippen molar-refractivity contribution >= 4 is 43.6 Å². The van der Waals surface area contributed by atoms with Gasteiger partial charge >= 0.3 is 0 Å². The van der Waals surface area contributed by atoms with Gasteiger partial charge in [-0.1, -0.05) is 111 Å². The zero-order valence-corrected chi connectivity index (χ0v) is 25.9. The maximum Gasteiger partial charge on any atom is 0.0541 e. The van der Waals surface area contributed by atoms with E-state index in [1.54, 1.807) is 0 Å². The van der Waals surface area contributed by atoms with Crippen LogP contribution < -0.4 is 0 Å². The van der Waals surface area contributed by atoms with Gasteiger partial charge in [-0.05, 0) is 65.7 Å². The van der Waals surface area contributed by atoms with Gasteiger partial charge in [-0.2, -0.15) is 0 Å². The van der Waals surface area contributed by atoms with Crippen molar-refractivity contribution in [2.75, 3.05) is 0 Å². The van der Waals surface area contributed by atoms with Gasteiger partial charge in [-0.15, -0.1) is 0 Å². The van der Waals surface area contributed by atoms with E-state index in [4.69, 9.17) is 4.98 Å². The molecule has 220 valence electrons. The summed E-state index contributed by atoms with van der Waals surface area (Å²) < 4.78 is 4.72. The lowest BCUT2D eigenvalue weighted by Crippen LogP contribution is -1.95. The van der Waals surface area contributed by atoms with E-state index in [-0.39, 0.29) is 0 Å². The third kappa shape index (κ3) is 4.48. The van der Waals surface area contributed by atoms with Crippen molar-refractivity contribution in [1.82, 2.24) is 14.1 Å². The first kappa shape index (κ1) is 27.6. The monoisotopic (exact) mass is 591 g/mol. The van der Waals surface area contributed by atoms with Crippen LogP contribution in [0.2, 0.25) is 0 Å². The molecule has 3 aromatic heterocycles. The van der Waals surface area contributed by atoms with Gasteiger partial charge in [0.2, 0.25) is 0 Å². The third-order valence-corrected chi connectivity index (χ3v) is 8.77. The molecule has 0 atom stereocenters. The molecule has 0 spiro atoms. The molecule has 3 heteroatoms. The Bertz CT molecular complexity index is 2230. The average molecular weight is 592 g/mol. The highest BCUT2D eigenvalue weighted by atomic mass is 15.0. The Balaban J connectivity index is 0.00000153. The highest BCUT2D eigenvalue weighted by Gasteiger charge is 2.14.